The molecular formula is C25H38O2S. The minimum Gasteiger partial charge on any atom is -0.224 e. The second-order valence-electron chi connectivity index (χ2n) is 9.81. The second kappa shape index (κ2) is 8.90. The van der Waals surface area contributed by atoms with E-state index in [1.165, 1.54) is 119 Å². The Hall–Kier alpha value is -0.830. The number of hydrogen-bond donors (Lipinski definition) is 0. The van der Waals surface area contributed by atoms with Crippen LogP contribution in [0.4, 0.5) is 0 Å². The van der Waals surface area contributed by atoms with Gasteiger partial charge in [0.1, 0.15) is 0 Å². The van der Waals surface area contributed by atoms with E-state index in [1.807, 2.05) is 0 Å². The lowest BCUT2D eigenvalue weighted by atomic mass is 9.76. The summed E-state index contributed by atoms with van der Waals surface area (Å²) in [4.78, 5) is 0.742. The molecule has 0 radical (unpaired) electrons. The highest BCUT2D eigenvalue weighted by Gasteiger charge is 2.31. The monoisotopic (exact) mass is 402 g/mol. The molecule has 3 aliphatic carbocycles. The third kappa shape index (κ3) is 4.50. The third-order valence-corrected chi connectivity index (χ3v) is 8.92. The fourth-order valence-corrected chi connectivity index (χ4v) is 7.54. The van der Waals surface area contributed by atoms with Crippen LogP contribution in [0.1, 0.15) is 131 Å². The fraction of sp³-hybridized carbons (Fsp3) is 0.760. The van der Waals surface area contributed by atoms with Crippen molar-refractivity contribution in [2.75, 3.05) is 6.26 Å². The lowest BCUT2D eigenvalue weighted by molar-refractivity contribution is 0.419. The van der Waals surface area contributed by atoms with Crippen LogP contribution in [0.25, 0.3) is 0 Å². The summed E-state index contributed by atoms with van der Waals surface area (Å²) in [6, 6.07) is 4.71. The minimum atomic E-state index is -3.21. The molecule has 0 spiro atoms. The molecule has 3 aliphatic rings. The van der Waals surface area contributed by atoms with Crippen LogP contribution in [0.2, 0.25) is 0 Å². The van der Waals surface area contributed by atoms with Crippen molar-refractivity contribution in [2.24, 2.45) is 0 Å². The van der Waals surface area contributed by atoms with E-state index >= 15 is 0 Å². The molecule has 1 aromatic rings. The molecule has 156 valence electrons. The van der Waals surface area contributed by atoms with Crippen LogP contribution in [0, 0.1) is 0 Å². The van der Waals surface area contributed by atoms with Crippen molar-refractivity contribution >= 4 is 9.84 Å². The molecule has 3 saturated carbocycles. The molecule has 0 atom stereocenters. The molecule has 3 heteroatoms. The highest BCUT2D eigenvalue weighted by molar-refractivity contribution is 7.90. The number of hydrogen-bond acceptors (Lipinski definition) is 2. The largest absolute Gasteiger partial charge is 0.224 e. The summed E-state index contributed by atoms with van der Waals surface area (Å²) in [5, 5.41) is 0. The maximum atomic E-state index is 13.0. The lowest BCUT2D eigenvalue weighted by Crippen LogP contribution is -2.18. The van der Waals surface area contributed by atoms with E-state index < -0.39 is 9.84 Å². The molecule has 0 amide bonds. The zero-order chi connectivity index (χ0) is 19.6. The van der Waals surface area contributed by atoms with E-state index in [-0.39, 0.29) is 0 Å². The van der Waals surface area contributed by atoms with Gasteiger partial charge in [-0.15, -0.1) is 0 Å². The van der Waals surface area contributed by atoms with Crippen molar-refractivity contribution in [3.05, 3.63) is 28.8 Å². The topological polar surface area (TPSA) is 34.1 Å². The van der Waals surface area contributed by atoms with Gasteiger partial charge in [-0.05, 0) is 73.0 Å². The smallest absolute Gasteiger partial charge is 0.176 e. The van der Waals surface area contributed by atoms with Gasteiger partial charge in [-0.25, -0.2) is 8.42 Å². The number of benzene rings is 1. The van der Waals surface area contributed by atoms with Gasteiger partial charge in [-0.3, -0.25) is 0 Å². The molecule has 0 unspecified atom stereocenters. The number of sulfone groups is 1. The van der Waals surface area contributed by atoms with Gasteiger partial charge in [-0.1, -0.05) is 69.9 Å². The maximum absolute atomic E-state index is 13.0. The van der Waals surface area contributed by atoms with E-state index in [4.69, 9.17) is 0 Å². The van der Waals surface area contributed by atoms with Gasteiger partial charge < -0.3 is 0 Å². The average Bonchev–Trinajstić information content (AvgIpc) is 2.74. The number of rotatable bonds is 4. The molecule has 4 rings (SSSR count). The quantitative estimate of drug-likeness (QED) is 0.532. The molecule has 0 N–H and O–H groups in total. The van der Waals surface area contributed by atoms with Gasteiger partial charge in [0.15, 0.2) is 9.84 Å². The predicted molar refractivity (Wildman–Crippen MR) is 117 cm³/mol. The Morgan fingerprint density at radius 2 is 0.964 bits per heavy atom. The standard InChI is InChI=1S/C25H38O2S/c1-28(26,27)25-23(20-13-7-3-8-14-20)17-22(19-11-5-2-6-12-19)18-24(25)21-15-9-4-10-16-21/h17-21H,2-16H2,1H3. The van der Waals surface area contributed by atoms with Crippen molar-refractivity contribution < 1.29 is 8.42 Å². The van der Waals surface area contributed by atoms with E-state index in [9.17, 15) is 8.42 Å². The lowest BCUT2D eigenvalue weighted by Gasteiger charge is -2.32. The Morgan fingerprint density at radius 3 is 1.32 bits per heavy atom. The molecule has 0 aromatic heterocycles. The molecule has 0 bridgehead atoms. The van der Waals surface area contributed by atoms with Crippen molar-refractivity contribution in [3.63, 3.8) is 0 Å². The highest BCUT2D eigenvalue weighted by Crippen LogP contribution is 2.45. The van der Waals surface area contributed by atoms with Crippen molar-refractivity contribution in [3.8, 4) is 0 Å². The molecular weight excluding hydrogens is 364 g/mol. The van der Waals surface area contributed by atoms with Gasteiger partial charge in [0.05, 0.1) is 4.90 Å². The molecule has 2 nitrogen and oxygen atoms in total. The third-order valence-electron chi connectivity index (χ3n) is 7.71. The Labute approximate surface area is 172 Å². The molecule has 0 aliphatic heterocycles. The SMILES string of the molecule is CS(=O)(=O)c1c(C2CCCCC2)cc(C2CCCCC2)cc1C1CCCCC1. The van der Waals surface area contributed by atoms with Crippen LogP contribution in [0.15, 0.2) is 17.0 Å². The van der Waals surface area contributed by atoms with E-state index in [1.54, 1.807) is 0 Å². The summed E-state index contributed by atoms with van der Waals surface area (Å²) in [7, 11) is -3.21. The van der Waals surface area contributed by atoms with Gasteiger partial charge in [-0.2, -0.15) is 0 Å². The zero-order valence-corrected chi connectivity index (χ0v) is 18.5. The summed E-state index contributed by atoms with van der Waals surface area (Å²) in [5.41, 5.74) is 3.87. The normalized spacial score (nSPS) is 23.8. The Morgan fingerprint density at radius 1 is 0.607 bits per heavy atom. The zero-order valence-electron chi connectivity index (χ0n) is 17.7. The summed E-state index contributed by atoms with van der Waals surface area (Å²) in [6.45, 7) is 0. The molecule has 0 heterocycles. The van der Waals surface area contributed by atoms with E-state index in [0.717, 1.165) is 4.90 Å². The first kappa shape index (κ1) is 20.4. The van der Waals surface area contributed by atoms with Crippen LogP contribution < -0.4 is 0 Å². The fourth-order valence-electron chi connectivity index (χ4n) is 6.23. The first-order chi connectivity index (χ1) is 13.5. The van der Waals surface area contributed by atoms with E-state index in [0.29, 0.717) is 17.8 Å². The molecule has 3 fully saturated rings. The van der Waals surface area contributed by atoms with Crippen LogP contribution in [-0.2, 0) is 9.84 Å². The van der Waals surface area contributed by atoms with Crippen LogP contribution in [0.5, 0.6) is 0 Å². The molecule has 28 heavy (non-hydrogen) atoms. The van der Waals surface area contributed by atoms with Gasteiger partial charge in [0.25, 0.3) is 0 Å². The Balaban J connectivity index is 1.84. The van der Waals surface area contributed by atoms with Crippen LogP contribution >= 0.6 is 0 Å². The maximum Gasteiger partial charge on any atom is 0.176 e. The first-order valence-electron chi connectivity index (χ1n) is 11.9. The predicted octanol–water partition coefficient (Wildman–Crippen LogP) is 7.23. The summed E-state index contributed by atoms with van der Waals surface area (Å²) in [6.07, 6.45) is 20.3. The average molecular weight is 403 g/mol. The van der Waals surface area contributed by atoms with Gasteiger partial charge >= 0.3 is 0 Å². The molecule has 0 saturated heterocycles. The second-order valence-corrected chi connectivity index (χ2v) is 11.8. The van der Waals surface area contributed by atoms with Crippen LogP contribution in [0.3, 0.4) is 0 Å². The molecule has 1 aromatic carbocycles. The summed E-state index contributed by atoms with van der Waals surface area (Å²) >= 11 is 0. The highest BCUT2D eigenvalue weighted by atomic mass is 32.2. The minimum absolute atomic E-state index is 0.448. The Kier molecular flexibility index (Phi) is 6.50. The Bertz CT molecular complexity index is 723. The van der Waals surface area contributed by atoms with Crippen molar-refractivity contribution in [1.82, 2.24) is 0 Å². The van der Waals surface area contributed by atoms with Gasteiger partial charge in [0.2, 0.25) is 0 Å². The summed E-state index contributed by atoms with van der Waals surface area (Å²) < 4.78 is 26.1. The van der Waals surface area contributed by atoms with Gasteiger partial charge in [0, 0.05) is 6.26 Å². The van der Waals surface area contributed by atoms with Crippen molar-refractivity contribution in [2.45, 2.75) is 119 Å². The van der Waals surface area contributed by atoms with E-state index in [2.05, 4.69) is 12.1 Å². The van der Waals surface area contributed by atoms with Crippen molar-refractivity contribution in [1.29, 1.82) is 0 Å². The van der Waals surface area contributed by atoms with Crippen LogP contribution in [-0.4, -0.2) is 14.7 Å². The summed E-state index contributed by atoms with van der Waals surface area (Å²) in [5.74, 6) is 1.54. The first-order valence-corrected chi connectivity index (χ1v) is 13.8.